The van der Waals surface area contributed by atoms with E-state index in [1.807, 2.05) is 61.7 Å². The minimum absolute atomic E-state index is 0.351. The van der Waals surface area contributed by atoms with Crippen molar-refractivity contribution in [3.8, 4) is 16.8 Å². The van der Waals surface area contributed by atoms with Crippen LogP contribution in [0.1, 0.15) is 5.69 Å². The number of aryl methyl sites for hydroxylation is 1. The standard InChI is InChI=1S/C18H13N3O2/c1-12-11-21(20-19-12)15-8-7-14-9-16(13-5-3-2-4-6-13)18(22)23-17(14)10-15/h2-11H,1H3. The predicted octanol–water partition coefficient (Wildman–Crippen LogP) is 3.35. The molecule has 0 saturated carbocycles. The van der Waals surface area contributed by atoms with Crippen LogP contribution in [0.4, 0.5) is 0 Å². The highest BCUT2D eigenvalue weighted by atomic mass is 16.4. The van der Waals surface area contributed by atoms with Gasteiger partial charge in [0.05, 0.1) is 23.1 Å². The van der Waals surface area contributed by atoms with E-state index in [0.717, 1.165) is 22.3 Å². The first-order valence-corrected chi connectivity index (χ1v) is 7.23. The third-order valence-corrected chi connectivity index (χ3v) is 3.68. The first-order valence-electron chi connectivity index (χ1n) is 7.23. The van der Waals surface area contributed by atoms with Crippen LogP contribution in [0.15, 0.2) is 70.0 Å². The molecular formula is C18H13N3O2. The van der Waals surface area contributed by atoms with E-state index in [2.05, 4.69) is 10.3 Å². The van der Waals surface area contributed by atoms with Crippen LogP contribution < -0.4 is 5.63 Å². The van der Waals surface area contributed by atoms with Gasteiger partial charge in [-0.05, 0) is 30.7 Å². The Bertz CT molecular complexity index is 1050. The lowest BCUT2D eigenvalue weighted by molar-refractivity contribution is 0.563. The summed E-state index contributed by atoms with van der Waals surface area (Å²) in [6.07, 6.45) is 1.82. The van der Waals surface area contributed by atoms with E-state index in [1.165, 1.54) is 0 Å². The number of aromatic nitrogens is 3. The molecule has 2 aromatic carbocycles. The first-order chi connectivity index (χ1) is 11.2. The topological polar surface area (TPSA) is 60.9 Å². The molecule has 0 fully saturated rings. The molecule has 0 atom stereocenters. The summed E-state index contributed by atoms with van der Waals surface area (Å²) < 4.78 is 7.15. The molecule has 5 heteroatoms. The molecule has 0 aliphatic carbocycles. The summed E-state index contributed by atoms with van der Waals surface area (Å²) in [5.74, 6) is 0. The summed E-state index contributed by atoms with van der Waals surface area (Å²) in [6, 6.07) is 17.0. The summed E-state index contributed by atoms with van der Waals surface area (Å²) in [7, 11) is 0. The summed E-state index contributed by atoms with van der Waals surface area (Å²) >= 11 is 0. The molecule has 0 saturated heterocycles. The molecule has 0 spiro atoms. The van der Waals surface area contributed by atoms with Crippen molar-refractivity contribution in [2.45, 2.75) is 6.92 Å². The Labute approximate surface area is 131 Å². The fourth-order valence-corrected chi connectivity index (χ4v) is 2.53. The van der Waals surface area contributed by atoms with Gasteiger partial charge in [-0.25, -0.2) is 9.48 Å². The van der Waals surface area contributed by atoms with Crippen molar-refractivity contribution < 1.29 is 4.42 Å². The molecule has 0 aliphatic heterocycles. The van der Waals surface area contributed by atoms with Gasteiger partial charge in [0.15, 0.2) is 0 Å². The molecule has 0 N–H and O–H groups in total. The Kier molecular flexibility index (Phi) is 3.05. The quantitative estimate of drug-likeness (QED) is 0.533. The van der Waals surface area contributed by atoms with Crippen molar-refractivity contribution in [1.82, 2.24) is 15.0 Å². The fraction of sp³-hybridized carbons (Fsp3) is 0.0556. The van der Waals surface area contributed by atoms with E-state index in [-0.39, 0.29) is 5.63 Å². The Morgan fingerprint density at radius 2 is 1.87 bits per heavy atom. The zero-order chi connectivity index (χ0) is 15.8. The molecule has 4 aromatic rings. The van der Waals surface area contributed by atoms with Gasteiger partial charge in [-0.2, -0.15) is 0 Å². The molecule has 0 unspecified atom stereocenters. The van der Waals surface area contributed by atoms with E-state index >= 15 is 0 Å². The average Bonchev–Trinajstić information content (AvgIpc) is 3.01. The summed E-state index contributed by atoms with van der Waals surface area (Å²) in [5.41, 5.74) is 3.21. The number of hydrogen-bond donors (Lipinski definition) is 0. The van der Waals surface area contributed by atoms with E-state index in [9.17, 15) is 4.79 Å². The average molecular weight is 303 g/mol. The largest absolute Gasteiger partial charge is 0.422 e. The minimum Gasteiger partial charge on any atom is -0.422 e. The summed E-state index contributed by atoms with van der Waals surface area (Å²) in [5, 5.41) is 8.86. The van der Waals surface area contributed by atoms with Gasteiger partial charge in [-0.1, -0.05) is 35.5 Å². The second-order valence-corrected chi connectivity index (χ2v) is 5.34. The van der Waals surface area contributed by atoms with Crippen LogP contribution in [-0.4, -0.2) is 15.0 Å². The van der Waals surface area contributed by atoms with Gasteiger partial charge in [0, 0.05) is 11.5 Å². The highest BCUT2D eigenvalue weighted by molar-refractivity contribution is 5.83. The zero-order valence-electron chi connectivity index (χ0n) is 12.4. The van der Waals surface area contributed by atoms with E-state index in [1.54, 1.807) is 10.7 Å². The van der Waals surface area contributed by atoms with E-state index in [4.69, 9.17) is 4.42 Å². The Hall–Kier alpha value is -3.21. The van der Waals surface area contributed by atoms with Gasteiger partial charge in [-0.15, -0.1) is 5.10 Å². The number of nitrogens with zero attached hydrogens (tertiary/aromatic N) is 3. The van der Waals surface area contributed by atoms with E-state index in [0.29, 0.717) is 11.1 Å². The molecule has 2 aromatic heterocycles. The third-order valence-electron chi connectivity index (χ3n) is 3.68. The van der Waals surface area contributed by atoms with Crippen molar-refractivity contribution in [2.24, 2.45) is 0 Å². The smallest absolute Gasteiger partial charge is 0.344 e. The Morgan fingerprint density at radius 3 is 2.61 bits per heavy atom. The van der Waals surface area contributed by atoms with Crippen molar-refractivity contribution in [3.05, 3.63) is 76.9 Å². The molecule has 0 amide bonds. The number of fused-ring (bicyclic) bond motifs is 1. The van der Waals surface area contributed by atoms with Crippen LogP contribution in [0.2, 0.25) is 0 Å². The van der Waals surface area contributed by atoms with Crippen molar-refractivity contribution >= 4 is 11.0 Å². The lowest BCUT2D eigenvalue weighted by Crippen LogP contribution is -2.03. The lowest BCUT2D eigenvalue weighted by Gasteiger charge is -2.05. The SMILES string of the molecule is Cc1cn(-c2ccc3cc(-c4ccccc4)c(=O)oc3c2)nn1. The number of benzene rings is 2. The summed E-state index contributed by atoms with van der Waals surface area (Å²) in [6.45, 7) is 1.87. The maximum absolute atomic E-state index is 12.3. The maximum Gasteiger partial charge on any atom is 0.344 e. The molecular weight excluding hydrogens is 290 g/mol. The van der Waals surface area contributed by atoms with Crippen LogP contribution in [-0.2, 0) is 0 Å². The first kappa shape index (κ1) is 13.5. The Morgan fingerprint density at radius 1 is 1.04 bits per heavy atom. The highest BCUT2D eigenvalue weighted by Gasteiger charge is 2.09. The van der Waals surface area contributed by atoms with Gasteiger partial charge in [0.1, 0.15) is 5.58 Å². The second-order valence-electron chi connectivity index (χ2n) is 5.34. The van der Waals surface area contributed by atoms with Gasteiger partial charge in [-0.3, -0.25) is 0 Å². The molecule has 112 valence electrons. The van der Waals surface area contributed by atoms with Crippen LogP contribution in [0, 0.1) is 6.92 Å². The third kappa shape index (κ3) is 2.42. The van der Waals surface area contributed by atoms with Crippen LogP contribution >= 0.6 is 0 Å². The minimum atomic E-state index is -0.351. The zero-order valence-corrected chi connectivity index (χ0v) is 12.4. The van der Waals surface area contributed by atoms with Crippen molar-refractivity contribution in [3.63, 3.8) is 0 Å². The van der Waals surface area contributed by atoms with Gasteiger partial charge >= 0.3 is 5.63 Å². The molecule has 5 nitrogen and oxygen atoms in total. The summed E-state index contributed by atoms with van der Waals surface area (Å²) in [4.78, 5) is 12.3. The number of rotatable bonds is 2. The molecule has 0 bridgehead atoms. The number of hydrogen-bond acceptors (Lipinski definition) is 4. The van der Waals surface area contributed by atoms with Crippen molar-refractivity contribution in [1.29, 1.82) is 0 Å². The van der Waals surface area contributed by atoms with Crippen LogP contribution in [0.25, 0.3) is 27.8 Å². The molecule has 23 heavy (non-hydrogen) atoms. The normalized spacial score (nSPS) is 11.0. The van der Waals surface area contributed by atoms with Crippen LogP contribution in [0.5, 0.6) is 0 Å². The lowest BCUT2D eigenvalue weighted by atomic mass is 10.1. The molecule has 0 aliphatic rings. The van der Waals surface area contributed by atoms with Gasteiger partial charge in [0.25, 0.3) is 0 Å². The highest BCUT2D eigenvalue weighted by Crippen LogP contribution is 2.22. The molecule has 0 radical (unpaired) electrons. The van der Waals surface area contributed by atoms with Gasteiger partial charge in [0.2, 0.25) is 0 Å². The van der Waals surface area contributed by atoms with E-state index < -0.39 is 0 Å². The molecule has 2 heterocycles. The monoisotopic (exact) mass is 303 g/mol. The maximum atomic E-state index is 12.3. The predicted molar refractivity (Wildman–Crippen MR) is 87.6 cm³/mol. The van der Waals surface area contributed by atoms with Crippen LogP contribution in [0.3, 0.4) is 0 Å². The van der Waals surface area contributed by atoms with Gasteiger partial charge < -0.3 is 4.42 Å². The fourth-order valence-electron chi connectivity index (χ4n) is 2.53. The molecule has 4 rings (SSSR count). The van der Waals surface area contributed by atoms with Crippen molar-refractivity contribution in [2.75, 3.05) is 0 Å². The second kappa shape index (κ2) is 5.21. The Balaban J connectivity index is 1.87.